The van der Waals surface area contributed by atoms with Crippen LogP contribution in [0.2, 0.25) is 0 Å². The standard InChI is InChI=1S/C18H19N3O5/c1-18(12-5-7-13(25-2)8-6-12)16(23)21(17(24)20-18)11-15(22)19-10-14-4-3-9-26-14/h3-9H,10-11H2,1-2H3,(H,19,22)(H,20,24)/t18-/m0/s1. The molecule has 0 aliphatic carbocycles. The van der Waals surface area contributed by atoms with Crippen molar-refractivity contribution >= 4 is 17.8 Å². The largest absolute Gasteiger partial charge is 0.497 e. The van der Waals surface area contributed by atoms with Crippen molar-refractivity contribution in [3.63, 3.8) is 0 Å². The Morgan fingerprint density at radius 2 is 2.00 bits per heavy atom. The lowest BCUT2D eigenvalue weighted by Gasteiger charge is -2.22. The predicted molar refractivity (Wildman–Crippen MR) is 91.1 cm³/mol. The summed E-state index contributed by atoms with van der Waals surface area (Å²) in [5, 5.41) is 5.27. The molecular formula is C18H19N3O5. The Kier molecular flexibility index (Phi) is 4.66. The Bertz CT molecular complexity index is 816. The van der Waals surface area contributed by atoms with E-state index in [1.54, 1.807) is 50.4 Å². The molecule has 26 heavy (non-hydrogen) atoms. The summed E-state index contributed by atoms with van der Waals surface area (Å²) in [5.74, 6) is 0.284. The number of carbonyl (C=O) groups is 3. The van der Waals surface area contributed by atoms with Crippen LogP contribution in [0.25, 0.3) is 0 Å². The van der Waals surface area contributed by atoms with Gasteiger partial charge in [0.2, 0.25) is 5.91 Å². The molecular weight excluding hydrogens is 338 g/mol. The molecule has 1 fully saturated rings. The van der Waals surface area contributed by atoms with E-state index in [1.807, 2.05) is 0 Å². The van der Waals surface area contributed by atoms with Gasteiger partial charge in [-0.1, -0.05) is 12.1 Å². The van der Waals surface area contributed by atoms with E-state index in [-0.39, 0.29) is 13.1 Å². The van der Waals surface area contributed by atoms with Gasteiger partial charge in [-0.3, -0.25) is 14.5 Å². The number of urea groups is 1. The minimum atomic E-state index is -1.23. The molecule has 8 heteroatoms. The zero-order chi connectivity index (χ0) is 18.7. The molecule has 136 valence electrons. The maximum atomic E-state index is 12.8. The van der Waals surface area contributed by atoms with Gasteiger partial charge in [-0.2, -0.15) is 0 Å². The number of furan rings is 1. The molecule has 0 bridgehead atoms. The molecule has 1 saturated heterocycles. The Balaban J connectivity index is 1.68. The number of imide groups is 1. The summed E-state index contributed by atoms with van der Waals surface area (Å²) in [6, 6.07) is 9.64. The van der Waals surface area contributed by atoms with Crippen molar-refractivity contribution in [1.29, 1.82) is 0 Å². The fraction of sp³-hybridized carbons (Fsp3) is 0.278. The molecule has 3 rings (SSSR count). The van der Waals surface area contributed by atoms with Gasteiger partial charge in [-0.25, -0.2) is 4.79 Å². The smallest absolute Gasteiger partial charge is 0.325 e. The third-order valence-electron chi connectivity index (χ3n) is 4.28. The van der Waals surface area contributed by atoms with E-state index in [1.165, 1.54) is 6.26 Å². The molecule has 0 unspecified atom stereocenters. The highest BCUT2D eigenvalue weighted by Gasteiger charge is 2.49. The minimum Gasteiger partial charge on any atom is -0.497 e. The number of rotatable bonds is 6. The molecule has 8 nitrogen and oxygen atoms in total. The number of methoxy groups -OCH3 is 1. The Labute approximate surface area is 150 Å². The summed E-state index contributed by atoms with van der Waals surface area (Å²) in [6.07, 6.45) is 1.50. The maximum Gasteiger partial charge on any atom is 0.325 e. The van der Waals surface area contributed by atoms with Crippen LogP contribution in [0.5, 0.6) is 5.75 Å². The molecule has 0 spiro atoms. The van der Waals surface area contributed by atoms with E-state index in [0.717, 1.165) is 4.90 Å². The second kappa shape index (κ2) is 6.91. The highest BCUT2D eigenvalue weighted by molar-refractivity contribution is 6.09. The van der Waals surface area contributed by atoms with E-state index in [9.17, 15) is 14.4 Å². The first kappa shape index (κ1) is 17.5. The molecule has 0 saturated carbocycles. The number of ether oxygens (including phenoxy) is 1. The second-order valence-corrected chi connectivity index (χ2v) is 6.03. The summed E-state index contributed by atoms with van der Waals surface area (Å²) in [5.41, 5.74) is -0.625. The van der Waals surface area contributed by atoms with Crippen LogP contribution in [-0.2, 0) is 21.7 Å². The van der Waals surface area contributed by atoms with Gasteiger partial charge in [-0.05, 0) is 36.8 Å². The number of benzene rings is 1. The van der Waals surface area contributed by atoms with Crippen LogP contribution in [0, 0.1) is 0 Å². The van der Waals surface area contributed by atoms with Crippen molar-refractivity contribution < 1.29 is 23.5 Å². The topological polar surface area (TPSA) is 101 Å². The lowest BCUT2D eigenvalue weighted by atomic mass is 9.92. The molecule has 1 atom stereocenters. The number of nitrogens with one attached hydrogen (secondary N) is 2. The summed E-state index contributed by atoms with van der Waals surface area (Å²) in [7, 11) is 1.54. The number of carbonyl (C=O) groups excluding carboxylic acids is 3. The third kappa shape index (κ3) is 3.26. The number of hydrogen-bond acceptors (Lipinski definition) is 5. The van der Waals surface area contributed by atoms with Crippen molar-refractivity contribution in [3.05, 3.63) is 54.0 Å². The molecule has 2 heterocycles. The van der Waals surface area contributed by atoms with Gasteiger partial charge < -0.3 is 19.8 Å². The zero-order valence-electron chi connectivity index (χ0n) is 14.4. The van der Waals surface area contributed by atoms with Crippen LogP contribution in [0.3, 0.4) is 0 Å². The van der Waals surface area contributed by atoms with E-state index >= 15 is 0 Å². The molecule has 2 N–H and O–H groups in total. The highest BCUT2D eigenvalue weighted by atomic mass is 16.5. The van der Waals surface area contributed by atoms with Crippen molar-refractivity contribution in [2.24, 2.45) is 0 Å². The van der Waals surface area contributed by atoms with Crippen molar-refractivity contribution in [2.75, 3.05) is 13.7 Å². The van der Waals surface area contributed by atoms with Crippen LogP contribution in [0.4, 0.5) is 4.79 Å². The van der Waals surface area contributed by atoms with Gasteiger partial charge in [0.25, 0.3) is 5.91 Å². The third-order valence-corrected chi connectivity index (χ3v) is 4.28. The van der Waals surface area contributed by atoms with Crippen LogP contribution < -0.4 is 15.4 Å². The quantitative estimate of drug-likeness (QED) is 0.761. The van der Waals surface area contributed by atoms with Crippen molar-refractivity contribution in [2.45, 2.75) is 19.0 Å². The van der Waals surface area contributed by atoms with Crippen molar-refractivity contribution in [3.8, 4) is 5.75 Å². The fourth-order valence-corrected chi connectivity index (χ4v) is 2.76. The average Bonchev–Trinajstić information content (AvgIpc) is 3.23. The lowest BCUT2D eigenvalue weighted by molar-refractivity contribution is -0.134. The van der Waals surface area contributed by atoms with Crippen LogP contribution >= 0.6 is 0 Å². The van der Waals surface area contributed by atoms with E-state index < -0.39 is 23.4 Å². The molecule has 2 aromatic rings. The first-order chi connectivity index (χ1) is 12.4. The maximum absolute atomic E-state index is 12.8. The highest BCUT2D eigenvalue weighted by Crippen LogP contribution is 2.29. The van der Waals surface area contributed by atoms with Crippen LogP contribution in [-0.4, -0.2) is 36.4 Å². The normalized spacial score (nSPS) is 19.4. The van der Waals surface area contributed by atoms with Gasteiger partial charge in [0.1, 0.15) is 23.6 Å². The van der Waals surface area contributed by atoms with Gasteiger partial charge >= 0.3 is 6.03 Å². The number of amides is 4. The summed E-state index contributed by atoms with van der Waals surface area (Å²) < 4.78 is 10.2. The molecule has 1 aliphatic rings. The van der Waals surface area contributed by atoms with E-state index in [2.05, 4.69) is 10.6 Å². The Morgan fingerprint density at radius 1 is 1.27 bits per heavy atom. The first-order valence-electron chi connectivity index (χ1n) is 8.02. The molecule has 4 amide bonds. The lowest BCUT2D eigenvalue weighted by Crippen LogP contribution is -2.43. The molecule has 0 radical (unpaired) electrons. The van der Waals surface area contributed by atoms with Crippen molar-refractivity contribution in [1.82, 2.24) is 15.5 Å². The minimum absolute atomic E-state index is 0.186. The zero-order valence-corrected chi connectivity index (χ0v) is 14.4. The van der Waals surface area contributed by atoms with Gasteiger partial charge in [-0.15, -0.1) is 0 Å². The second-order valence-electron chi connectivity index (χ2n) is 6.03. The summed E-state index contributed by atoms with van der Waals surface area (Å²) in [4.78, 5) is 38.0. The predicted octanol–water partition coefficient (Wildman–Crippen LogP) is 1.37. The Morgan fingerprint density at radius 3 is 2.62 bits per heavy atom. The van der Waals surface area contributed by atoms with Gasteiger partial charge in [0.05, 0.1) is 19.9 Å². The summed E-state index contributed by atoms with van der Waals surface area (Å²) >= 11 is 0. The Hall–Kier alpha value is -3.29. The summed E-state index contributed by atoms with van der Waals surface area (Å²) in [6.45, 7) is 1.43. The number of hydrogen-bond donors (Lipinski definition) is 2. The monoisotopic (exact) mass is 357 g/mol. The van der Waals surface area contributed by atoms with Gasteiger partial charge in [0, 0.05) is 0 Å². The molecule has 1 aliphatic heterocycles. The SMILES string of the molecule is COc1ccc([C@]2(C)NC(=O)N(CC(=O)NCc3ccco3)C2=O)cc1. The van der Waals surface area contributed by atoms with Crippen LogP contribution in [0.1, 0.15) is 18.2 Å². The molecule has 1 aromatic carbocycles. The van der Waals surface area contributed by atoms with Gasteiger partial charge in [0.15, 0.2) is 0 Å². The number of nitrogens with zero attached hydrogens (tertiary/aromatic N) is 1. The average molecular weight is 357 g/mol. The first-order valence-corrected chi connectivity index (χ1v) is 8.02. The van der Waals surface area contributed by atoms with E-state index in [0.29, 0.717) is 17.1 Å². The fourth-order valence-electron chi connectivity index (χ4n) is 2.76. The van der Waals surface area contributed by atoms with Crippen LogP contribution in [0.15, 0.2) is 47.1 Å². The molecule has 1 aromatic heterocycles. The van der Waals surface area contributed by atoms with E-state index in [4.69, 9.17) is 9.15 Å².